The molecule has 6 rings (SSSR count). The van der Waals surface area contributed by atoms with Crippen LogP contribution in [0.3, 0.4) is 0 Å². The molecule has 1 aromatic rings. The first-order valence-electron chi connectivity index (χ1n) is 13.6. The van der Waals surface area contributed by atoms with Gasteiger partial charge in [0.05, 0.1) is 33.6 Å². The summed E-state index contributed by atoms with van der Waals surface area (Å²) in [6.45, 7) is 2.75. The Bertz CT molecular complexity index is 1180. The number of hydrogen-bond donors (Lipinski definition) is 2. The Morgan fingerprint density at radius 1 is 1.05 bits per heavy atom. The first kappa shape index (κ1) is 26.1. The Hall–Kier alpha value is -2.13. The molecule has 1 aliphatic carbocycles. The summed E-state index contributed by atoms with van der Waals surface area (Å²) in [4.78, 5) is 43.4. The molecule has 2 bridgehead atoms. The third kappa shape index (κ3) is 4.24. The van der Waals surface area contributed by atoms with E-state index in [0.717, 1.165) is 38.5 Å². The fourth-order valence-electron chi connectivity index (χ4n) is 7.15. The van der Waals surface area contributed by atoms with Gasteiger partial charge in [0, 0.05) is 24.9 Å². The summed E-state index contributed by atoms with van der Waals surface area (Å²) in [5, 5.41) is 6.81. The predicted octanol–water partition coefficient (Wildman–Crippen LogP) is 4.10. The Labute approximate surface area is 232 Å². The molecule has 5 aliphatic rings. The van der Waals surface area contributed by atoms with Gasteiger partial charge >= 0.3 is 0 Å². The molecule has 10 heteroatoms. The summed E-state index contributed by atoms with van der Waals surface area (Å²) in [5.41, 5.74) is -1.77. The minimum Gasteiger partial charge on any atom is -0.376 e. The smallest absolute Gasteiger partial charge is 0.246 e. The van der Waals surface area contributed by atoms with Crippen LogP contribution >= 0.6 is 23.2 Å². The van der Waals surface area contributed by atoms with Crippen LogP contribution in [0.4, 0.5) is 5.69 Å². The van der Waals surface area contributed by atoms with Crippen LogP contribution in [0.25, 0.3) is 0 Å². The van der Waals surface area contributed by atoms with Crippen molar-refractivity contribution in [2.45, 2.75) is 81.3 Å². The van der Waals surface area contributed by atoms with E-state index in [2.05, 4.69) is 10.6 Å². The number of carbonyl (C=O) groups excluding carboxylic acids is 3. The highest BCUT2D eigenvalue weighted by molar-refractivity contribution is 6.42. The number of fused-ring (bicyclic) bond motifs is 1. The number of nitrogens with zero attached hydrogens (tertiary/aromatic N) is 1. The largest absolute Gasteiger partial charge is 0.376 e. The Morgan fingerprint density at radius 2 is 1.84 bits per heavy atom. The number of ether oxygens (including phenoxy) is 2. The lowest BCUT2D eigenvalue weighted by molar-refractivity contribution is -0.145. The van der Waals surface area contributed by atoms with E-state index in [-0.39, 0.29) is 29.9 Å². The number of likely N-dealkylation sites (tertiary alicyclic amines) is 1. The second-order valence-electron chi connectivity index (χ2n) is 11.4. The molecule has 4 heterocycles. The van der Waals surface area contributed by atoms with Gasteiger partial charge in [0.15, 0.2) is 0 Å². The van der Waals surface area contributed by atoms with Gasteiger partial charge in [-0.05, 0) is 50.8 Å². The number of carbonyl (C=O) groups is 3. The molecule has 3 saturated heterocycles. The molecule has 4 aliphatic heterocycles. The molecule has 0 radical (unpaired) electrons. The summed E-state index contributed by atoms with van der Waals surface area (Å²) in [7, 11) is 0. The molecular formula is C28H33Cl2N3O5. The quantitative estimate of drug-likeness (QED) is 0.509. The van der Waals surface area contributed by atoms with Crippen molar-refractivity contribution in [2.24, 2.45) is 11.8 Å². The standard InChI is InChI=1S/C28H33Cl2N3O5/c1-27-11-12-28(38-27)22(21(27)24(34)32-17-9-10-19(29)20(30)14-17)26(36)33(15-18-8-5-13-37-18)23(28)25(35)31-16-6-3-2-4-7-16/h9-12,14,16,18,21-23H,2-8,13,15H2,1H3,(H,31,35)(H,32,34)/t18?,21?,22-,23?,27-,28?/m1/s1. The average molecular weight is 562 g/mol. The van der Waals surface area contributed by atoms with Crippen molar-refractivity contribution in [3.05, 3.63) is 40.4 Å². The van der Waals surface area contributed by atoms with Crippen LogP contribution in [-0.2, 0) is 23.9 Å². The fourth-order valence-corrected chi connectivity index (χ4v) is 7.45. The van der Waals surface area contributed by atoms with Crippen LogP contribution in [0.1, 0.15) is 51.9 Å². The van der Waals surface area contributed by atoms with E-state index >= 15 is 0 Å². The number of benzene rings is 1. The summed E-state index contributed by atoms with van der Waals surface area (Å²) in [6, 6.07) is 4.06. The van der Waals surface area contributed by atoms with Crippen LogP contribution in [0.2, 0.25) is 10.0 Å². The van der Waals surface area contributed by atoms with E-state index in [1.807, 2.05) is 19.1 Å². The van der Waals surface area contributed by atoms with Gasteiger partial charge in [-0.2, -0.15) is 0 Å². The maximum atomic E-state index is 14.1. The molecule has 8 nitrogen and oxygen atoms in total. The monoisotopic (exact) mass is 561 g/mol. The van der Waals surface area contributed by atoms with Crippen molar-refractivity contribution in [3.63, 3.8) is 0 Å². The molecule has 2 N–H and O–H groups in total. The number of hydrogen-bond acceptors (Lipinski definition) is 5. The van der Waals surface area contributed by atoms with Crippen LogP contribution in [0.15, 0.2) is 30.4 Å². The van der Waals surface area contributed by atoms with Crippen LogP contribution in [0.5, 0.6) is 0 Å². The summed E-state index contributed by atoms with van der Waals surface area (Å²) in [6.07, 6.45) is 10.5. The minimum absolute atomic E-state index is 0.0818. The van der Waals surface area contributed by atoms with Gasteiger partial charge in [-0.25, -0.2) is 0 Å². The van der Waals surface area contributed by atoms with Gasteiger partial charge in [-0.15, -0.1) is 0 Å². The maximum absolute atomic E-state index is 14.1. The van der Waals surface area contributed by atoms with Crippen molar-refractivity contribution in [2.75, 3.05) is 18.5 Å². The molecule has 1 spiro atoms. The van der Waals surface area contributed by atoms with E-state index < -0.39 is 29.1 Å². The highest BCUT2D eigenvalue weighted by Crippen LogP contribution is 2.60. The number of anilines is 1. The first-order chi connectivity index (χ1) is 18.2. The van der Waals surface area contributed by atoms with E-state index in [0.29, 0.717) is 28.9 Å². The fraction of sp³-hybridized carbons (Fsp3) is 0.607. The van der Waals surface area contributed by atoms with Gasteiger partial charge in [-0.1, -0.05) is 54.6 Å². The van der Waals surface area contributed by atoms with Crippen molar-refractivity contribution in [1.29, 1.82) is 0 Å². The lowest BCUT2D eigenvalue weighted by Gasteiger charge is -2.35. The zero-order chi connectivity index (χ0) is 26.7. The van der Waals surface area contributed by atoms with Crippen molar-refractivity contribution in [1.82, 2.24) is 10.2 Å². The van der Waals surface area contributed by atoms with Crippen molar-refractivity contribution < 1.29 is 23.9 Å². The zero-order valence-corrected chi connectivity index (χ0v) is 22.9. The van der Waals surface area contributed by atoms with Gasteiger partial charge in [-0.3, -0.25) is 14.4 Å². The topological polar surface area (TPSA) is 97.0 Å². The average Bonchev–Trinajstić information content (AvgIpc) is 3.62. The van der Waals surface area contributed by atoms with Gasteiger partial charge in [0.2, 0.25) is 17.7 Å². The van der Waals surface area contributed by atoms with Gasteiger partial charge in [0.25, 0.3) is 0 Å². The number of nitrogens with one attached hydrogen (secondary N) is 2. The molecule has 4 fully saturated rings. The van der Waals surface area contributed by atoms with Crippen LogP contribution in [0, 0.1) is 11.8 Å². The van der Waals surface area contributed by atoms with Crippen molar-refractivity contribution in [3.8, 4) is 0 Å². The normalized spacial score (nSPS) is 36.1. The molecule has 204 valence electrons. The number of halogens is 2. The van der Waals surface area contributed by atoms with E-state index in [4.69, 9.17) is 32.7 Å². The second-order valence-corrected chi connectivity index (χ2v) is 12.2. The maximum Gasteiger partial charge on any atom is 0.246 e. The minimum atomic E-state index is -1.22. The SMILES string of the molecule is C[C@]12C=CC3(O1)C(C(=O)NC1CCCCC1)N(CC1CCCO1)C(=O)[C@H]3C2C(=O)Nc1ccc(Cl)c(Cl)c1. The molecule has 4 unspecified atom stereocenters. The molecule has 0 aromatic heterocycles. The third-order valence-corrected chi connectivity index (χ3v) is 9.63. The van der Waals surface area contributed by atoms with E-state index in [9.17, 15) is 14.4 Å². The van der Waals surface area contributed by atoms with E-state index in [1.54, 1.807) is 23.1 Å². The Balaban J connectivity index is 1.32. The predicted molar refractivity (Wildman–Crippen MR) is 143 cm³/mol. The lowest BCUT2D eigenvalue weighted by atomic mass is 9.70. The molecule has 1 saturated carbocycles. The van der Waals surface area contributed by atoms with Gasteiger partial charge < -0.3 is 25.0 Å². The molecule has 6 atom stereocenters. The Morgan fingerprint density at radius 3 is 2.55 bits per heavy atom. The molecule has 3 amide bonds. The number of amides is 3. The Kier molecular flexibility index (Phi) is 6.74. The summed E-state index contributed by atoms with van der Waals surface area (Å²) < 4.78 is 12.4. The van der Waals surface area contributed by atoms with E-state index in [1.165, 1.54) is 6.42 Å². The van der Waals surface area contributed by atoms with Crippen LogP contribution < -0.4 is 10.6 Å². The molecule has 38 heavy (non-hydrogen) atoms. The second kappa shape index (κ2) is 9.81. The molecular weight excluding hydrogens is 529 g/mol. The molecule has 1 aromatic carbocycles. The third-order valence-electron chi connectivity index (χ3n) is 8.89. The summed E-state index contributed by atoms with van der Waals surface area (Å²) >= 11 is 12.2. The van der Waals surface area contributed by atoms with Crippen molar-refractivity contribution >= 4 is 46.6 Å². The highest BCUT2D eigenvalue weighted by atomic mass is 35.5. The highest BCUT2D eigenvalue weighted by Gasteiger charge is 2.76. The van der Waals surface area contributed by atoms with Gasteiger partial charge in [0.1, 0.15) is 11.6 Å². The first-order valence-corrected chi connectivity index (χ1v) is 14.4. The zero-order valence-electron chi connectivity index (χ0n) is 21.4. The summed E-state index contributed by atoms with van der Waals surface area (Å²) in [5.74, 6) is -2.48. The number of rotatable bonds is 6. The lowest BCUT2D eigenvalue weighted by Crippen LogP contribution is -2.57. The van der Waals surface area contributed by atoms with Crippen LogP contribution in [-0.4, -0.2) is 65.2 Å².